The van der Waals surface area contributed by atoms with Crippen molar-refractivity contribution < 1.29 is 4.79 Å². The Morgan fingerprint density at radius 1 is 1.29 bits per heavy atom. The van der Waals surface area contributed by atoms with E-state index >= 15 is 0 Å². The van der Waals surface area contributed by atoms with Crippen LogP contribution in [0, 0.1) is 5.92 Å². The van der Waals surface area contributed by atoms with Gasteiger partial charge in [-0.2, -0.15) is 0 Å². The van der Waals surface area contributed by atoms with E-state index in [-0.39, 0.29) is 5.91 Å². The first-order valence-corrected chi connectivity index (χ1v) is 7.92. The summed E-state index contributed by atoms with van der Waals surface area (Å²) in [6.45, 7) is 8.95. The number of hydrogen-bond acceptors (Lipinski definition) is 3. The first-order valence-electron chi connectivity index (χ1n) is 7.54. The molecule has 0 radical (unpaired) electrons. The standard InChI is InChI=1S/C16H24ClN3O/c1-12(2)6-7-19-8-10-20(11-9-19)16(21)13-4-3-5-14(18)15(13)17/h3-5,12H,6-11,18H2,1-2H3. The molecule has 1 amide bonds. The monoisotopic (exact) mass is 309 g/mol. The third-order valence-electron chi connectivity index (χ3n) is 3.94. The molecule has 5 heteroatoms. The topological polar surface area (TPSA) is 49.6 Å². The summed E-state index contributed by atoms with van der Waals surface area (Å²) in [7, 11) is 0. The molecule has 1 aliphatic rings. The number of anilines is 1. The van der Waals surface area contributed by atoms with Crippen molar-refractivity contribution in [2.24, 2.45) is 5.92 Å². The molecule has 1 heterocycles. The molecular formula is C16H24ClN3O. The molecule has 4 nitrogen and oxygen atoms in total. The molecule has 1 aliphatic heterocycles. The van der Waals surface area contributed by atoms with E-state index in [1.54, 1.807) is 18.2 Å². The molecular weight excluding hydrogens is 286 g/mol. The lowest BCUT2D eigenvalue weighted by Gasteiger charge is -2.35. The Morgan fingerprint density at radius 2 is 1.95 bits per heavy atom. The molecule has 0 bridgehead atoms. The molecule has 1 aromatic carbocycles. The SMILES string of the molecule is CC(C)CCN1CCN(C(=O)c2cccc(N)c2Cl)CC1. The number of hydrogen-bond donors (Lipinski definition) is 1. The molecule has 2 rings (SSSR count). The Kier molecular flexibility index (Phi) is 5.48. The molecule has 116 valence electrons. The number of carbonyl (C=O) groups is 1. The van der Waals surface area contributed by atoms with Crippen molar-refractivity contribution in [2.45, 2.75) is 20.3 Å². The van der Waals surface area contributed by atoms with Crippen molar-refractivity contribution in [3.05, 3.63) is 28.8 Å². The fourth-order valence-corrected chi connectivity index (χ4v) is 2.71. The molecule has 0 aromatic heterocycles. The highest BCUT2D eigenvalue weighted by Gasteiger charge is 2.23. The average molecular weight is 310 g/mol. The maximum absolute atomic E-state index is 12.5. The van der Waals surface area contributed by atoms with Crippen LogP contribution in [0.5, 0.6) is 0 Å². The van der Waals surface area contributed by atoms with Gasteiger partial charge < -0.3 is 10.6 Å². The second-order valence-corrected chi connectivity index (χ2v) is 6.40. The Balaban J connectivity index is 1.93. The largest absolute Gasteiger partial charge is 0.398 e. The smallest absolute Gasteiger partial charge is 0.255 e. The number of amides is 1. The van der Waals surface area contributed by atoms with Gasteiger partial charge in [-0.05, 0) is 31.0 Å². The van der Waals surface area contributed by atoms with Crippen LogP contribution in [-0.2, 0) is 0 Å². The lowest BCUT2D eigenvalue weighted by Crippen LogP contribution is -2.49. The summed E-state index contributed by atoms with van der Waals surface area (Å²) in [5, 5.41) is 0.365. The summed E-state index contributed by atoms with van der Waals surface area (Å²) in [4.78, 5) is 16.8. The van der Waals surface area contributed by atoms with Crippen molar-refractivity contribution in [2.75, 3.05) is 38.5 Å². The Bertz CT molecular complexity index is 496. The zero-order chi connectivity index (χ0) is 15.4. The highest BCUT2D eigenvalue weighted by Crippen LogP contribution is 2.24. The van der Waals surface area contributed by atoms with Crippen molar-refractivity contribution in [1.82, 2.24) is 9.80 Å². The Hall–Kier alpha value is -1.26. The summed E-state index contributed by atoms with van der Waals surface area (Å²) >= 11 is 6.14. The summed E-state index contributed by atoms with van der Waals surface area (Å²) in [6.07, 6.45) is 1.20. The van der Waals surface area contributed by atoms with E-state index < -0.39 is 0 Å². The number of rotatable bonds is 4. The molecule has 1 fully saturated rings. The molecule has 0 aliphatic carbocycles. The molecule has 0 unspecified atom stereocenters. The van der Waals surface area contributed by atoms with Gasteiger partial charge in [-0.1, -0.05) is 31.5 Å². The van der Waals surface area contributed by atoms with Crippen LogP contribution in [-0.4, -0.2) is 48.4 Å². The van der Waals surface area contributed by atoms with Gasteiger partial charge in [0.05, 0.1) is 16.3 Å². The summed E-state index contributed by atoms with van der Waals surface area (Å²) < 4.78 is 0. The maximum atomic E-state index is 12.5. The molecule has 2 N–H and O–H groups in total. The molecule has 0 saturated carbocycles. The summed E-state index contributed by atoms with van der Waals surface area (Å²) in [5.74, 6) is 0.701. The van der Waals surface area contributed by atoms with Crippen LogP contribution in [0.2, 0.25) is 5.02 Å². The predicted octanol–water partition coefficient (Wildman–Crippen LogP) is 2.73. The molecule has 1 aromatic rings. The minimum atomic E-state index is -0.0178. The van der Waals surface area contributed by atoms with Gasteiger partial charge in [-0.3, -0.25) is 9.69 Å². The maximum Gasteiger partial charge on any atom is 0.255 e. The normalized spacial score (nSPS) is 16.5. The summed E-state index contributed by atoms with van der Waals surface area (Å²) in [5.41, 5.74) is 6.73. The Morgan fingerprint density at radius 3 is 2.57 bits per heavy atom. The quantitative estimate of drug-likeness (QED) is 0.870. The van der Waals surface area contributed by atoms with E-state index in [0.29, 0.717) is 16.3 Å². The van der Waals surface area contributed by atoms with E-state index in [1.165, 1.54) is 6.42 Å². The van der Waals surface area contributed by atoms with E-state index in [2.05, 4.69) is 18.7 Å². The minimum absolute atomic E-state index is 0.0178. The highest BCUT2D eigenvalue weighted by molar-refractivity contribution is 6.36. The number of nitrogens with two attached hydrogens (primary N) is 1. The van der Waals surface area contributed by atoms with Gasteiger partial charge in [0.25, 0.3) is 5.91 Å². The number of piperazine rings is 1. The lowest BCUT2D eigenvalue weighted by atomic mass is 10.1. The zero-order valence-corrected chi connectivity index (χ0v) is 13.6. The van der Waals surface area contributed by atoms with E-state index in [4.69, 9.17) is 17.3 Å². The highest BCUT2D eigenvalue weighted by atomic mass is 35.5. The average Bonchev–Trinajstić information content (AvgIpc) is 2.48. The van der Waals surface area contributed by atoms with Crippen LogP contribution in [0.25, 0.3) is 0 Å². The van der Waals surface area contributed by atoms with Crippen LogP contribution in [0.3, 0.4) is 0 Å². The number of benzene rings is 1. The van der Waals surface area contributed by atoms with Crippen molar-refractivity contribution >= 4 is 23.2 Å². The number of halogens is 1. The predicted molar refractivity (Wildman–Crippen MR) is 87.7 cm³/mol. The van der Waals surface area contributed by atoms with Crippen molar-refractivity contribution in [3.63, 3.8) is 0 Å². The van der Waals surface area contributed by atoms with E-state index in [9.17, 15) is 4.79 Å². The van der Waals surface area contributed by atoms with Crippen LogP contribution in [0.1, 0.15) is 30.6 Å². The molecule has 21 heavy (non-hydrogen) atoms. The fraction of sp³-hybridized carbons (Fsp3) is 0.562. The van der Waals surface area contributed by atoms with Gasteiger partial charge in [0.1, 0.15) is 0 Å². The first kappa shape index (κ1) is 16.1. The molecule has 0 atom stereocenters. The van der Waals surface area contributed by atoms with Gasteiger partial charge >= 0.3 is 0 Å². The van der Waals surface area contributed by atoms with Gasteiger partial charge in [0, 0.05) is 26.2 Å². The second-order valence-electron chi connectivity index (χ2n) is 6.03. The molecule has 0 spiro atoms. The minimum Gasteiger partial charge on any atom is -0.398 e. The van der Waals surface area contributed by atoms with Crippen molar-refractivity contribution in [1.29, 1.82) is 0 Å². The first-order chi connectivity index (χ1) is 9.99. The summed E-state index contributed by atoms with van der Waals surface area (Å²) in [6, 6.07) is 5.22. The number of nitrogen functional groups attached to an aromatic ring is 1. The Labute approximate surface area is 131 Å². The lowest BCUT2D eigenvalue weighted by molar-refractivity contribution is 0.0632. The third kappa shape index (κ3) is 4.11. The van der Waals surface area contributed by atoms with Crippen LogP contribution < -0.4 is 5.73 Å². The third-order valence-corrected chi connectivity index (χ3v) is 4.36. The second kappa shape index (κ2) is 7.14. The van der Waals surface area contributed by atoms with Gasteiger partial charge in [0.15, 0.2) is 0 Å². The van der Waals surface area contributed by atoms with Crippen molar-refractivity contribution in [3.8, 4) is 0 Å². The van der Waals surface area contributed by atoms with E-state index in [0.717, 1.165) is 38.6 Å². The number of carbonyl (C=O) groups excluding carboxylic acids is 1. The van der Waals surface area contributed by atoms with Gasteiger partial charge in [-0.15, -0.1) is 0 Å². The fourth-order valence-electron chi connectivity index (χ4n) is 2.50. The van der Waals surface area contributed by atoms with Crippen LogP contribution >= 0.6 is 11.6 Å². The van der Waals surface area contributed by atoms with Crippen LogP contribution in [0.4, 0.5) is 5.69 Å². The number of nitrogens with zero attached hydrogens (tertiary/aromatic N) is 2. The molecule has 1 saturated heterocycles. The van der Waals surface area contributed by atoms with Crippen LogP contribution in [0.15, 0.2) is 18.2 Å². The zero-order valence-electron chi connectivity index (χ0n) is 12.8. The van der Waals surface area contributed by atoms with Gasteiger partial charge in [-0.25, -0.2) is 0 Å². The van der Waals surface area contributed by atoms with Gasteiger partial charge in [0.2, 0.25) is 0 Å². The van der Waals surface area contributed by atoms with E-state index in [1.807, 2.05) is 4.90 Å².